The van der Waals surface area contributed by atoms with Gasteiger partial charge in [0.15, 0.2) is 0 Å². The number of aliphatic hydroxyl groups is 1. The number of aliphatic hydroxyl groups excluding tert-OH is 1. The molecule has 44 valence electrons. The molecule has 0 saturated heterocycles. The van der Waals surface area contributed by atoms with Gasteiger partial charge >= 0.3 is 0 Å². The second-order valence-electron chi connectivity index (χ2n) is 2.12. The summed E-state index contributed by atoms with van der Waals surface area (Å²) in [5, 5.41) is 8.30. The van der Waals surface area contributed by atoms with Crippen molar-refractivity contribution in [3.8, 4) is 12.3 Å². The summed E-state index contributed by atoms with van der Waals surface area (Å²) in [5.74, 6) is 1.92. The standard InChI is InChI=1S/C6H7FO/c1-2-5-3-6(5,7)4-8/h1,5,8H,3-4H2/t5-,6-/m0/s1. The van der Waals surface area contributed by atoms with Crippen LogP contribution in [0.2, 0.25) is 0 Å². The minimum absolute atomic E-state index is 0.326. The molecule has 2 atom stereocenters. The predicted octanol–water partition coefficient (Wildman–Crippen LogP) is 0.340. The van der Waals surface area contributed by atoms with Crippen LogP contribution in [0, 0.1) is 18.3 Å². The van der Waals surface area contributed by atoms with E-state index in [1.165, 1.54) is 0 Å². The summed E-state index contributed by atoms with van der Waals surface area (Å²) in [4.78, 5) is 0. The van der Waals surface area contributed by atoms with Gasteiger partial charge in [-0.25, -0.2) is 4.39 Å². The van der Waals surface area contributed by atoms with Crippen LogP contribution in [0.5, 0.6) is 0 Å². The van der Waals surface area contributed by atoms with Gasteiger partial charge in [-0.1, -0.05) is 5.92 Å². The van der Waals surface area contributed by atoms with Crippen molar-refractivity contribution in [2.24, 2.45) is 5.92 Å². The molecule has 0 aromatic heterocycles. The van der Waals surface area contributed by atoms with Gasteiger partial charge in [0.2, 0.25) is 0 Å². The van der Waals surface area contributed by atoms with E-state index in [0.29, 0.717) is 6.42 Å². The fourth-order valence-corrected chi connectivity index (χ4v) is 0.663. The zero-order chi connectivity index (χ0) is 6.20. The van der Waals surface area contributed by atoms with Crippen molar-refractivity contribution >= 4 is 0 Å². The first-order valence-corrected chi connectivity index (χ1v) is 2.49. The van der Waals surface area contributed by atoms with Crippen LogP contribution in [0.1, 0.15) is 6.42 Å². The highest BCUT2D eigenvalue weighted by molar-refractivity contribution is 5.17. The first-order valence-electron chi connectivity index (χ1n) is 2.49. The monoisotopic (exact) mass is 114 g/mol. The predicted molar refractivity (Wildman–Crippen MR) is 27.9 cm³/mol. The SMILES string of the molecule is C#C[C@H]1C[C@]1(F)CO. The molecule has 0 aromatic carbocycles. The lowest BCUT2D eigenvalue weighted by Gasteiger charge is -1.94. The Morgan fingerprint density at radius 1 is 2.00 bits per heavy atom. The van der Waals surface area contributed by atoms with Crippen LogP contribution in [0.4, 0.5) is 4.39 Å². The molecule has 1 aliphatic carbocycles. The smallest absolute Gasteiger partial charge is 0.148 e. The molecule has 0 aliphatic heterocycles. The Morgan fingerprint density at radius 3 is 2.75 bits per heavy atom. The molecule has 2 heteroatoms. The van der Waals surface area contributed by atoms with Crippen LogP contribution in [0.3, 0.4) is 0 Å². The third-order valence-corrected chi connectivity index (χ3v) is 1.47. The summed E-state index contributed by atoms with van der Waals surface area (Å²) in [6, 6.07) is 0. The number of terminal acetylenes is 1. The summed E-state index contributed by atoms with van der Waals surface area (Å²) >= 11 is 0. The Labute approximate surface area is 47.5 Å². The second kappa shape index (κ2) is 1.46. The summed E-state index contributed by atoms with van der Waals surface area (Å²) < 4.78 is 12.5. The van der Waals surface area contributed by atoms with Crippen LogP contribution >= 0.6 is 0 Å². The van der Waals surface area contributed by atoms with Crippen molar-refractivity contribution in [1.29, 1.82) is 0 Å². The maximum Gasteiger partial charge on any atom is 0.148 e. The first-order chi connectivity index (χ1) is 3.73. The number of halogens is 1. The molecule has 0 unspecified atom stereocenters. The molecule has 8 heavy (non-hydrogen) atoms. The van der Waals surface area contributed by atoms with E-state index in [9.17, 15) is 4.39 Å². The molecule has 0 heterocycles. The molecule has 1 aliphatic rings. The number of hydrogen-bond acceptors (Lipinski definition) is 1. The highest BCUT2D eigenvalue weighted by atomic mass is 19.1. The highest BCUT2D eigenvalue weighted by Gasteiger charge is 2.54. The molecule has 0 bridgehead atoms. The Kier molecular flexibility index (Phi) is 1.02. The minimum Gasteiger partial charge on any atom is -0.393 e. The van der Waals surface area contributed by atoms with Crippen molar-refractivity contribution in [2.45, 2.75) is 12.1 Å². The highest BCUT2D eigenvalue weighted by Crippen LogP contribution is 2.45. The molecule has 0 amide bonds. The fourth-order valence-electron chi connectivity index (χ4n) is 0.663. The van der Waals surface area contributed by atoms with Gasteiger partial charge < -0.3 is 5.11 Å². The van der Waals surface area contributed by atoms with E-state index >= 15 is 0 Å². The molecule has 1 saturated carbocycles. The van der Waals surface area contributed by atoms with Crippen molar-refractivity contribution in [3.05, 3.63) is 0 Å². The van der Waals surface area contributed by atoms with Gasteiger partial charge in [0.05, 0.1) is 12.5 Å². The summed E-state index contributed by atoms with van der Waals surface area (Å²) in [5.41, 5.74) is -1.42. The maximum atomic E-state index is 12.5. The van der Waals surface area contributed by atoms with E-state index in [-0.39, 0.29) is 5.92 Å². The molecular formula is C6H7FO. The number of rotatable bonds is 1. The zero-order valence-corrected chi connectivity index (χ0v) is 4.39. The van der Waals surface area contributed by atoms with E-state index in [0.717, 1.165) is 0 Å². The van der Waals surface area contributed by atoms with Crippen molar-refractivity contribution in [1.82, 2.24) is 0 Å². The lowest BCUT2D eigenvalue weighted by Crippen LogP contribution is -2.08. The van der Waals surface area contributed by atoms with Crippen LogP contribution in [0.25, 0.3) is 0 Å². The Morgan fingerprint density at radius 2 is 2.62 bits per heavy atom. The van der Waals surface area contributed by atoms with E-state index in [1.807, 2.05) is 0 Å². The van der Waals surface area contributed by atoms with Crippen molar-refractivity contribution in [3.63, 3.8) is 0 Å². The van der Waals surface area contributed by atoms with Gasteiger partial charge in [-0.2, -0.15) is 0 Å². The van der Waals surface area contributed by atoms with Crippen molar-refractivity contribution < 1.29 is 9.50 Å². The van der Waals surface area contributed by atoms with Gasteiger partial charge in [0.1, 0.15) is 5.67 Å². The lowest BCUT2D eigenvalue weighted by molar-refractivity contribution is 0.153. The molecule has 1 nitrogen and oxygen atoms in total. The normalized spacial score (nSPS) is 43.4. The minimum atomic E-state index is -1.42. The quantitative estimate of drug-likeness (QED) is 0.487. The Bertz CT molecular complexity index is 138. The van der Waals surface area contributed by atoms with Gasteiger partial charge in [-0.15, -0.1) is 6.42 Å². The van der Waals surface area contributed by atoms with Crippen LogP contribution in [-0.2, 0) is 0 Å². The van der Waals surface area contributed by atoms with Crippen molar-refractivity contribution in [2.75, 3.05) is 6.61 Å². The largest absolute Gasteiger partial charge is 0.393 e. The average molecular weight is 114 g/mol. The average Bonchev–Trinajstić information content (AvgIpc) is 2.44. The molecule has 1 rings (SSSR count). The summed E-state index contributed by atoms with van der Waals surface area (Å²) in [6.45, 7) is -0.429. The fraction of sp³-hybridized carbons (Fsp3) is 0.667. The number of alkyl halides is 1. The van der Waals surface area contributed by atoms with Crippen LogP contribution in [0.15, 0.2) is 0 Å². The molecule has 0 aromatic rings. The third-order valence-electron chi connectivity index (χ3n) is 1.47. The van der Waals surface area contributed by atoms with E-state index in [1.54, 1.807) is 0 Å². The molecule has 0 radical (unpaired) electrons. The van der Waals surface area contributed by atoms with Gasteiger partial charge in [0, 0.05) is 6.42 Å². The topological polar surface area (TPSA) is 20.2 Å². The van der Waals surface area contributed by atoms with Crippen LogP contribution < -0.4 is 0 Å². The van der Waals surface area contributed by atoms with Gasteiger partial charge in [-0.3, -0.25) is 0 Å². The summed E-state index contributed by atoms with van der Waals surface area (Å²) in [6.07, 6.45) is 5.22. The van der Waals surface area contributed by atoms with Gasteiger partial charge in [-0.05, 0) is 0 Å². The summed E-state index contributed by atoms with van der Waals surface area (Å²) in [7, 11) is 0. The van der Waals surface area contributed by atoms with Crippen LogP contribution in [-0.4, -0.2) is 17.4 Å². The molecular weight excluding hydrogens is 107 g/mol. The lowest BCUT2D eigenvalue weighted by atomic mass is 10.3. The maximum absolute atomic E-state index is 12.5. The van der Waals surface area contributed by atoms with E-state index in [2.05, 4.69) is 5.92 Å². The first kappa shape index (κ1) is 5.58. The molecule has 1 fully saturated rings. The van der Waals surface area contributed by atoms with E-state index in [4.69, 9.17) is 11.5 Å². The Balaban J connectivity index is 2.46. The second-order valence-corrected chi connectivity index (χ2v) is 2.12. The zero-order valence-electron chi connectivity index (χ0n) is 4.39. The Hall–Kier alpha value is -0.550. The molecule has 1 N–H and O–H groups in total. The third kappa shape index (κ3) is 0.597. The van der Waals surface area contributed by atoms with Gasteiger partial charge in [0.25, 0.3) is 0 Å². The van der Waals surface area contributed by atoms with E-state index < -0.39 is 12.3 Å². The molecule has 0 spiro atoms. The number of hydrogen-bond donors (Lipinski definition) is 1.